The Morgan fingerprint density at radius 2 is 1.07 bits per heavy atom. The van der Waals surface area contributed by atoms with Crippen LogP contribution >= 0.6 is 22.7 Å². The summed E-state index contributed by atoms with van der Waals surface area (Å²) in [5, 5.41) is 4.22. The zero-order chi connectivity index (χ0) is 19.3. The molecule has 1 fully saturated rings. The average molecular weight is 490 g/mol. The van der Waals surface area contributed by atoms with Gasteiger partial charge in [-0.25, -0.2) is 36.5 Å². The second kappa shape index (κ2) is 14.4. The minimum atomic E-state index is 0. The first-order chi connectivity index (χ1) is 13.9. The average Bonchev–Trinajstić information content (AvgIpc) is 3.55. The molecule has 2 aromatic heterocycles. The summed E-state index contributed by atoms with van der Waals surface area (Å²) >= 11 is 3.51. The largest absolute Gasteiger partial charge is 4.00 e. The Kier molecular flexibility index (Phi) is 11.8. The molecule has 1 saturated carbocycles. The van der Waals surface area contributed by atoms with Gasteiger partial charge in [-0.3, -0.25) is 11.1 Å². The van der Waals surface area contributed by atoms with Gasteiger partial charge in [0.15, 0.2) is 0 Å². The van der Waals surface area contributed by atoms with E-state index < -0.39 is 0 Å². The van der Waals surface area contributed by atoms with Crippen LogP contribution in [0.25, 0.3) is 0 Å². The maximum absolute atomic E-state index is 3.56. The summed E-state index contributed by atoms with van der Waals surface area (Å²) in [6, 6.07) is 8.44. The van der Waals surface area contributed by atoms with Crippen molar-refractivity contribution in [2.45, 2.75) is 25.7 Å². The molecule has 0 unspecified atom stereocenters. The molecule has 0 atom stereocenters. The fourth-order valence-electron chi connectivity index (χ4n) is 2.73. The van der Waals surface area contributed by atoms with Gasteiger partial charge >= 0.3 is 26.2 Å². The molecule has 0 bridgehead atoms. The maximum Gasteiger partial charge on any atom is 4.00 e. The number of allylic oxidation sites excluding steroid dienone is 10. The van der Waals surface area contributed by atoms with Gasteiger partial charge in [0.05, 0.1) is 0 Å². The third-order valence-electron chi connectivity index (χ3n) is 4.05. The molecule has 2 heterocycles. The molecule has 3 aliphatic carbocycles. The summed E-state index contributed by atoms with van der Waals surface area (Å²) in [4.78, 5) is 2.47. The predicted molar refractivity (Wildman–Crippen MR) is 122 cm³/mol. The van der Waals surface area contributed by atoms with Crippen molar-refractivity contribution in [1.29, 1.82) is 0 Å². The zero-order valence-electron chi connectivity index (χ0n) is 16.2. The fraction of sp³-hybridized carbons (Fsp3) is 0.154. The fourth-order valence-corrected chi connectivity index (χ4v) is 4.02. The van der Waals surface area contributed by atoms with Crippen LogP contribution in [-0.4, -0.2) is 0 Å². The number of hydrogen-bond acceptors (Lipinski definition) is 2. The minimum Gasteiger partial charge on any atom is -0.255 e. The van der Waals surface area contributed by atoms with Crippen molar-refractivity contribution in [3.63, 3.8) is 0 Å². The Balaban J connectivity index is 0.000000223. The van der Waals surface area contributed by atoms with Gasteiger partial charge in [0.25, 0.3) is 0 Å². The van der Waals surface area contributed by atoms with Crippen LogP contribution in [0.5, 0.6) is 0 Å². The van der Waals surface area contributed by atoms with E-state index in [0.29, 0.717) is 0 Å². The van der Waals surface area contributed by atoms with Crippen LogP contribution in [0.1, 0.15) is 35.4 Å². The summed E-state index contributed by atoms with van der Waals surface area (Å²) in [6.45, 7) is 0. The molecule has 2 radical (unpaired) electrons. The molecule has 2 aromatic rings. The number of hydrogen-bond donors (Lipinski definition) is 0. The molecule has 3 heteroatoms. The molecule has 0 nitrogen and oxygen atoms in total. The summed E-state index contributed by atoms with van der Waals surface area (Å²) in [6.07, 6.45) is 33.0. The first-order valence-electron chi connectivity index (χ1n) is 9.40. The maximum atomic E-state index is 3.56. The van der Waals surface area contributed by atoms with E-state index in [9.17, 15) is 0 Å². The van der Waals surface area contributed by atoms with Gasteiger partial charge < -0.3 is 0 Å². The van der Waals surface area contributed by atoms with E-state index in [1.165, 1.54) is 33.7 Å². The van der Waals surface area contributed by atoms with E-state index in [2.05, 4.69) is 60.0 Å². The van der Waals surface area contributed by atoms with Gasteiger partial charge in [0, 0.05) is 0 Å². The Morgan fingerprint density at radius 1 is 0.655 bits per heavy atom. The van der Waals surface area contributed by atoms with Gasteiger partial charge in [-0.2, -0.15) is 59.8 Å². The van der Waals surface area contributed by atoms with Crippen LogP contribution in [0.4, 0.5) is 0 Å². The van der Waals surface area contributed by atoms with E-state index in [4.69, 9.17) is 0 Å². The van der Waals surface area contributed by atoms with Gasteiger partial charge in [-0.05, 0) is 10.8 Å². The third-order valence-corrected chi connectivity index (χ3v) is 5.62. The van der Waals surface area contributed by atoms with Crippen LogP contribution in [0.2, 0.25) is 0 Å². The zero-order valence-corrected chi connectivity index (χ0v) is 20.3. The molecule has 0 aromatic carbocycles. The van der Waals surface area contributed by atoms with E-state index >= 15 is 0 Å². The van der Waals surface area contributed by atoms with Crippen molar-refractivity contribution in [3.05, 3.63) is 130 Å². The summed E-state index contributed by atoms with van der Waals surface area (Å²) in [5.41, 5.74) is 2.72. The van der Waals surface area contributed by atoms with Crippen molar-refractivity contribution < 1.29 is 26.2 Å². The second-order valence-corrected chi connectivity index (χ2v) is 8.03. The molecular formula is C26H22S2Zr. The molecule has 0 amide bonds. The second-order valence-electron chi connectivity index (χ2n) is 6.14. The monoisotopic (exact) mass is 488 g/mol. The van der Waals surface area contributed by atoms with Crippen molar-refractivity contribution in [1.82, 2.24) is 0 Å². The van der Waals surface area contributed by atoms with Crippen LogP contribution in [0, 0.1) is 25.0 Å². The van der Waals surface area contributed by atoms with E-state index in [1.807, 2.05) is 48.6 Å². The molecule has 5 rings (SSSR count). The van der Waals surface area contributed by atoms with E-state index in [-0.39, 0.29) is 26.2 Å². The molecule has 3 aliphatic rings. The normalized spacial score (nSPS) is 18.3. The molecule has 29 heavy (non-hydrogen) atoms. The minimum absolute atomic E-state index is 0. The first kappa shape index (κ1) is 23.7. The Labute approximate surface area is 202 Å². The molecule has 142 valence electrons. The van der Waals surface area contributed by atoms with Crippen molar-refractivity contribution in [2.75, 3.05) is 0 Å². The van der Waals surface area contributed by atoms with Gasteiger partial charge in [0.2, 0.25) is 0 Å². The van der Waals surface area contributed by atoms with Crippen LogP contribution in [0.3, 0.4) is 0 Å². The molecule has 0 spiro atoms. The molecule has 0 saturated heterocycles. The first-order valence-corrected chi connectivity index (χ1v) is 11.2. The summed E-state index contributed by atoms with van der Waals surface area (Å²) in [7, 11) is 0. The van der Waals surface area contributed by atoms with Crippen LogP contribution in [-0.2, 0) is 26.2 Å². The van der Waals surface area contributed by atoms with Gasteiger partial charge in [0.1, 0.15) is 0 Å². The third kappa shape index (κ3) is 9.21. The number of thiophene rings is 2. The van der Waals surface area contributed by atoms with Crippen molar-refractivity contribution in [3.8, 4) is 0 Å². The molecular weight excluding hydrogens is 468 g/mol. The quantitative estimate of drug-likeness (QED) is 0.381. The molecule has 0 aliphatic heterocycles. The predicted octanol–water partition coefficient (Wildman–Crippen LogP) is 7.62. The van der Waals surface area contributed by atoms with Crippen LogP contribution in [0.15, 0.2) is 94.8 Å². The Hall–Kier alpha value is -1.54. The summed E-state index contributed by atoms with van der Waals surface area (Å²) < 4.78 is 0. The van der Waals surface area contributed by atoms with Gasteiger partial charge in [-0.15, -0.1) is 24.3 Å². The SMILES string of the molecule is [C-](=C1CCCCC1=[C-]c1cccs1)c1cccs1.[C-]1C=CC=C1.[C-]1C=CC=C1.[Zr+4]. The molecule has 0 N–H and O–H groups in total. The standard InChI is InChI=1S/C16H14S2.2C5H4.Zr/c1-2-6-14(12-16-8-4-10-18-16)13(5-1)11-15-7-3-9-17-15;2*1-2-4-5-3-1;/h3-4,7-10H,1-2,5-6H2;2*1-4H;/q-2;2*-1;+4. The topological polar surface area (TPSA) is 0 Å². The van der Waals surface area contributed by atoms with Crippen LogP contribution < -0.4 is 0 Å². The van der Waals surface area contributed by atoms with Crippen molar-refractivity contribution >= 4 is 22.7 Å². The smallest absolute Gasteiger partial charge is 0.255 e. The summed E-state index contributed by atoms with van der Waals surface area (Å²) in [5.74, 6) is 0. The van der Waals surface area contributed by atoms with E-state index in [0.717, 1.165) is 12.8 Å². The number of rotatable bonds is 2. The van der Waals surface area contributed by atoms with Crippen molar-refractivity contribution in [2.24, 2.45) is 0 Å². The Bertz CT molecular complexity index is 766. The van der Waals surface area contributed by atoms with Gasteiger partial charge in [-0.1, -0.05) is 35.4 Å². The van der Waals surface area contributed by atoms with E-state index in [1.54, 1.807) is 22.7 Å². The Morgan fingerprint density at radius 3 is 1.34 bits per heavy atom.